The topological polar surface area (TPSA) is 89.1 Å². The fourth-order valence-corrected chi connectivity index (χ4v) is 6.61. The normalized spacial score (nSPS) is 11.5. The molecular formula is C44H89N3O5. The number of ether oxygens (including phenoxy) is 3. The Hall–Kier alpha value is -1.38. The van der Waals surface area contributed by atoms with E-state index in [-0.39, 0.29) is 18.3 Å². The molecule has 0 bridgehead atoms. The second-order valence-corrected chi connectivity index (χ2v) is 15.1. The van der Waals surface area contributed by atoms with E-state index in [1.54, 1.807) is 7.05 Å². The van der Waals surface area contributed by atoms with Crippen molar-refractivity contribution >= 4 is 12.0 Å². The van der Waals surface area contributed by atoms with E-state index >= 15 is 0 Å². The molecule has 52 heavy (non-hydrogen) atoms. The summed E-state index contributed by atoms with van der Waals surface area (Å²) < 4.78 is 17.9. The molecule has 0 saturated heterocycles. The van der Waals surface area contributed by atoms with Crippen LogP contribution in [0.15, 0.2) is 0 Å². The van der Waals surface area contributed by atoms with Gasteiger partial charge in [-0.05, 0) is 64.5 Å². The molecule has 0 unspecified atom stereocenters. The third-order valence-electron chi connectivity index (χ3n) is 10.1. The predicted molar refractivity (Wildman–Crippen MR) is 221 cm³/mol. The van der Waals surface area contributed by atoms with Crippen LogP contribution in [0.2, 0.25) is 0 Å². The lowest BCUT2D eigenvalue weighted by Gasteiger charge is -2.23. The number of carbonyl (C=O) groups excluding carboxylic acids is 2. The van der Waals surface area contributed by atoms with Crippen molar-refractivity contribution in [2.24, 2.45) is 0 Å². The van der Waals surface area contributed by atoms with E-state index < -0.39 is 0 Å². The smallest absolute Gasteiger partial charge is 0.314 e. The number of nitrogens with one attached hydrogen (secondary N) is 2. The monoisotopic (exact) mass is 740 g/mol. The van der Waals surface area contributed by atoms with Crippen LogP contribution in [0.5, 0.6) is 0 Å². The van der Waals surface area contributed by atoms with Gasteiger partial charge in [0.15, 0.2) is 6.29 Å². The zero-order chi connectivity index (χ0) is 38.0. The number of amides is 2. The molecule has 310 valence electrons. The quantitative estimate of drug-likeness (QED) is 0.0368. The summed E-state index contributed by atoms with van der Waals surface area (Å²) in [6.45, 7) is 12.6. The van der Waals surface area contributed by atoms with Crippen molar-refractivity contribution in [3.63, 3.8) is 0 Å². The number of hydrogen-bond donors (Lipinski definition) is 2. The third-order valence-corrected chi connectivity index (χ3v) is 10.1. The average Bonchev–Trinajstić information content (AvgIpc) is 3.15. The van der Waals surface area contributed by atoms with Crippen LogP contribution in [0.1, 0.15) is 213 Å². The first kappa shape index (κ1) is 50.6. The molecule has 2 amide bonds. The number of hydrogen-bond acceptors (Lipinski definition) is 6. The van der Waals surface area contributed by atoms with Gasteiger partial charge in [0.2, 0.25) is 0 Å². The molecular weight excluding hydrogens is 651 g/mol. The highest BCUT2D eigenvalue weighted by atomic mass is 16.7. The Balaban J connectivity index is 4.29. The van der Waals surface area contributed by atoms with E-state index in [9.17, 15) is 9.59 Å². The lowest BCUT2D eigenvalue weighted by atomic mass is 10.1. The van der Waals surface area contributed by atoms with E-state index in [0.29, 0.717) is 19.6 Å². The number of nitrogens with zero attached hydrogens (tertiary/aromatic N) is 1. The molecule has 2 N–H and O–H groups in total. The van der Waals surface area contributed by atoms with Crippen molar-refractivity contribution in [3.05, 3.63) is 0 Å². The molecule has 0 saturated carbocycles. The Morgan fingerprint density at radius 3 is 1.42 bits per heavy atom. The largest absolute Gasteiger partial charge is 0.466 e. The van der Waals surface area contributed by atoms with Crippen LogP contribution in [0.3, 0.4) is 0 Å². The first-order valence-electron chi connectivity index (χ1n) is 22.6. The fourth-order valence-electron chi connectivity index (χ4n) is 6.61. The Morgan fingerprint density at radius 1 is 0.500 bits per heavy atom. The SMILES string of the molecule is CCCCCCCCCOC(=O)CCCCCCCN(CCCCCCC(OCCCCCCCC)OCCCCCCCC)CCNC(=O)NC. The van der Waals surface area contributed by atoms with Gasteiger partial charge in [-0.15, -0.1) is 0 Å². The molecule has 8 heteroatoms. The summed E-state index contributed by atoms with van der Waals surface area (Å²) in [7, 11) is 1.66. The van der Waals surface area contributed by atoms with E-state index in [4.69, 9.17) is 14.2 Å². The minimum Gasteiger partial charge on any atom is -0.466 e. The van der Waals surface area contributed by atoms with Crippen LogP contribution in [0.25, 0.3) is 0 Å². The molecule has 0 radical (unpaired) electrons. The van der Waals surface area contributed by atoms with Crippen molar-refractivity contribution in [1.29, 1.82) is 0 Å². The summed E-state index contributed by atoms with van der Waals surface area (Å²) >= 11 is 0. The van der Waals surface area contributed by atoms with Crippen LogP contribution in [0.4, 0.5) is 4.79 Å². The molecule has 0 aliphatic rings. The zero-order valence-electron chi connectivity index (χ0n) is 35.2. The highest BCUT2D eigenvalue weighted by Gasteiger charge is 2.11. The van der Waals surface area contributed by atoms with E-state index in [2.05, 4.69) is 36.3 Å². The maximum absolute atomic E-state index is 12.1. The first-order valence-corrected chi connectivity index (χ1v) is 22.6. The molecule has 0 aliphatic carbocycles. The Kier molecular flexibility index (Phi) is 41.2. The molecule has 0 aromatic rings. The summed E-state index contributed by atoms with van der Waals surface area (Å²) in [5, 5.41) is 5.60. The fraction of sp³-hybridized carbons (Fsp3) is 0.955. The van der Waals surface area contributed by atoms with Crippen molar-refractivity contribution < 1.29 is 23.8 Å². The third kappa shape index (κ3) is 38.3. The molecule has 0 rings (SSSR count). The molecule has 0 aromatic carbocycles. The number of carbonyl (C=O) groups is 2. The maximum atomic E-state index is 12.1. The number of unbranched alkanes of at least 4 members (excludes halogenated alkanes) is 23. The van der Waals surface area contributed by atoms with Gasteiger partial charge in [0.05, 0.1) is 6.61 Å². The number of rotatable bonds is 42. The highest BCUT2D eigenvalue weighted by molar-refractivity contribution is 5.73. The summed E-state index contributed by atoms with van der Waals surface area (Å²) in [4.78, 5) is 26.3. The van der Waals surface area contributed by atoms with E-state index in [1.165, 1.54) is 128 Å². The average molecular weight is 740 g/mol. The Labute approximate surface area is 323 Å². The van der Waals surface area contributed by atoms with Crippen molar-refractivity contribution in [2.45, 2.75) is 220 Å². The van der Waals surface area contributed by atoms with Gasteiger partial charge in [-0.3, -0.25) is 4.79 Å². The van der Waals surface area contributed by atoms with Gasteiger partial charge in [0.1, 0.15) is 0 Å². The Bertz CT molecular complexity index is 723. The molecule has 0 aliphatic heterocycles. The zero-order valence-corrected chi connectivity index (χ0v) is 35.2. The first-order chi connectivity index (χ1) is 25.6. The van der Waals surface area contributed by atoms with Crippen LogP contribution in [-0.4, -0.2) is 76.2 Å². The standard InChI is InChI=1S/C44H89N3O5/c1-5-8-11-14-17-25-30-39-50-42(48)33-26-19-18-21-28-36-47(38-35-46-44(49)45-4)37-29-22-20-27-34-43(51-40-31-23-15-12-9-6-2)52-41-32-24-16-13-10-7-3/h43H,5-41H2,1-4H3,(H2,45,46,49). The second-order valence-electron chi connectivity index (χ2n) is 15.1. The summed E-state index contributed by atoms with van der Waals surface area (Å²) in [6.07, 6.45) is 35.7. The van der Waals surface area contributed by atoms with Crippen LogP contribution in [0, 0.1) is 0 Å². The maximum Gasteiger partial charge on any atom is 0.314 e. The van der Waals surface area contributed by atoms with Gasteiger partial charge >= 0.3 is 12.0 Å². The van der Waals surface area contributed by atoms with E-state index in [1.807, 2.05) is 0 Å². The molecule has 8 nitrogen and oxygen atoms in total. The molecule has 0 aromatic heterocycles. The number of urea groups is 1. The van der Waals surface area contributed by atoms with Gasteiger partial charge in [0, 0.05) is 39.8 Å². The van der Waals surface area contributed by atoms with Crippen molar-refractivity contribution in [1.82, 2.24) is 15.5 Å². The minimum atomic E-state index is -0.118. The van der Waals surface area contributed by atoms with Gasteiger partial charge in [-0.1, -0.05) is 156 Å². The van der Waals surface area contributed by atoms with Crippen molar-refractivity contribution in [3.8, 4) is 0 Å². The molecule has 0 fully saturated rings. The van der Waals surface area contributed by atoms with Crippen LogP contribution >= 0.6 is 0 Å². The number of esters is 1. The molecule has 0 spiro atoms. The lowest BCUT2D eigenvalue weighted by molar-refractivity contribution is -0.148. The predicted octanol–water partition coefficient (Wildman–Crippen LogP) is 11.9. The van der Waals surface area contributed by atoms with Gasteiger partial charge in [0.25, 0.3) is 0 Å². The van der Waals surface area contributed by atoms with E-state index in [0.717, 1.165) is 90.6 Å². The summed E-state index contributed by atoms with van der Waals surface area (Å²) in [5.41, 5.74) is 0. The summed E-state index contributed by atoms with van der Waals surface area (Å²) in [6, 6.07) is -0.118. The van der Waals surface area contributed by atoms with Crippen molar-refractivity contribution in [2.75, 3.05) is 53.0 Å². The highest BCUT2D eigenvalue weighted by Crippen LogP contribution is 2.15. The van der Waals surface area contributed by atoms with Gasteiger partial charge < -0.3 is 29.7 Å². The minimum absolute atomic E-state index is 0.0299. The molecule has 0 heterocycles. The molecule has 0 atom stereocenters. The van der Waals surface area contributed by atoms with Crippen LogP contribution in [-0.2, 0) is 19.0 Å². The van der Waals surface area contributed by atoms with Gasteiger partial charge in [-0.25, -0.2) is 4.79 Å². The Morgan fingerprint density at radius 2 is 0.923 bits per heavy atom. The van der Waals surface area contributed by atoms with Gasteiger partial charge in [-0.2, -0.15) is 0 Å². The second kappa shape index (κ2) is 42.4. The van der Waals surface area contributed by atoms with Crippen LogP contribution < -0.4 is 10.6 Å². The lowest BCUT2D eigenvalue weighted by Crippen LogP contribution is -2.39. The summed E-state index contributed by atoms with van der Waals surface area (Å²) in [5.74, 6) is -0.0299.